The molecule has 0 aliphatic carbocycles. The van der Waals surface area contributed by atoms with Crippen molar-refractivity contribution >= 4 is 52.5 Å². The summed E-state index contributed by atoms with van der Waals surface area (Å²) >= 11 is 1.40. The lowest BCUT2D eigenvalue weighted by molar-refractivity contribution is -0.142. The molecule has 2 aliphatic rings. The number of hydrogen-bond acceptors (Lipinski definition) is 8. The zero-order chi connectivity index (χ0) is 40.6. The van der Waals surface area contributed by atoms with Crippen molar-refractivity contribution in [2.45, 2.75) is 57.2 Å². The first-order valence-corrected chi connectivity index (χ1v) is 19.2. The van der Waals surface area contributed by atoms with E-state index in [1.54, 1.807) is 54.6 Å². The van der Waals surface area contributed by atoms with E-state index in [0.29, 0.717) is 16.9 Å². The molecule has 7 rings (SSSR count). The van der Waals surface area contributed by atoms with Crippen molar-refractivity contribution < 1.29 is 33.9 Å². The third-order valence-electron chi connectivity index (χ3n) is 8.88. The minimum atomic E-state index is -1.32. The molecule has 3 atom stereocenters. The predicted molar refractivity (Wildman–Crippen MR) is 217 cm³/mol. The Bertz CT molecular complexity index is 2110. The third kappa shape index (κ3) is 13.5. The quantitative estimate of drug-likeness (QED) is 0.138. The summed E-state index contributed by atoms with van der Waals surface area (Å²) < 4.78 is 0. The molecule has 5 amide bonds. The normalized spacial score (nSPS) is 18.3. The summed E-state index contributed by atoms with van der Waals surface area (Å²) in [7, 11) is 0. The average molecular weight is 789 g/mol. The maximum Gasteiger partial charge on any atom is 0.326 e. The number of thiophene rings is 1. The lowest BCUT2D eigenvalue weighted by Gasteiger charge is -2.22. The van der Waals surface area contributed by atoms with Gasteiger partial charge in [0.15, 0.2) is 0 Å². The van der Waals surface area contributed by atoms with Crippen molar-refractivity contribution in [3.63, 3.8) is 0 Å². The number of aryl methyl sites for hydroxylation is 1. The first-order chi connectivity index (χ1) is 27.5. The highest BCUT2D eigenvalue weighted by atomic mass is 32.1. The summed E-state index contributed by atoms with van der Waals surface area (Å²) in [5.41, 5.74) is 5.36. The summed E-state index contributed by atoms with van der Waals surface area (Å²) in [5, 5.41) is 24.5. The van der Waals surface area contributed by atoms with Gasteiger partial charge in [0.05, 0.1) is 6.54 Å². The number of carboxylic acid groups (broad SMARTS) is 1. The molecule has 2 aliphatic heterocycles. The largest absolute Gasteiger partial charge is 0.480 e. The number of hydrogen-bond donors (Lipinski definition) is 6. The van der Waals surface area contributed by atoms with Crippen LogP contribution in [0, 0.1) is 6.92 Å². The molecule has 0 unspecified atom stereocenters. The van der Waals surface area contributed by atoms with Gasteiger partial charge < -0.3 is 31.7 Å². The van der Waals surface area contributed by atoms with Crippen molar-refractivity contribution in [1.29, 1.82) is 0 Å². The predicted octanol–water partition coefficient (Wildman–Crippen LogP) is 4.22. The third-order valence-corrected chi connectivity index (χ3v) is 9.78. The highest BCUT2D eigenvalue weighted by Crippen LogP contribution is 2.19. The van der Waals surface area contributed by atoms with Crippen LogP contribution in [0.3, 0.4) is 0 Å². The van der Waals surface area contributed by atoms with Crippen LogP contribution < -0.4 is 26.6 Å². The van der Waals surface area contributed by atoms with Gasteiger partial charge in [-0.1, -0.05) is 84.4 Å². The van der Waals surface area contributed by atoms with Crippen LogP contribution in [-0.4, -0.2) is 70.3 Å². The van der Waals surface area contributed by atoms with E-state index < -0.39 is 60.2 Å². The van der Waals surface area contributed by atoms with Crippen LogP contribution in [0.1, 0.15) is 34.5 Å². The summed E-state index contributed by atoms with van der Waals surface area (Å²) in [6, 6.07) is 30.6. The number of nitrogens with zero attached hydrogens (tertiary/aromatic N) is 1. The van der Waals surface area contributed by atoms with Crippen molar-refractivity contribution in [3.05, 3.63) is 142 Å². The molecule has 13 nitrogen and oxygen atoms in total. The fraction of sp³-hybridized carbons (Fsp3) is 0.233. The van der Waals surface area contributed by atoms with E-state index in [4.69, 9.17) is 0 Å². The maximum atomic E-state index is 13.3. The van der Waals surface area contributed by atoms with Crippen LogP contribution in [-0.2, 0) is 48.0 Å². The monoisotopic (exact) mass is 788 g/mol. The number of aliphatic carboxylic acids is 1. The zero-order valence-corrected chi connectivity index (χ0v) is 32.1. The second kappa shape index (κ2) is 20.9. The number of rotatable bonds is 6. The molecule has 0 fully saturated rings. The standard InChI is InChI=1S/C30H32N6O7S.C13H12/c37-25-10-11-26(38)34-23(16-21-5-3-13-44-21)28(40)32-17-27(39)35-22(15-20-4-1-2-12-31-20)29(41)36-24(30(42)43)14-18-6-8-19(33-25)9-7-18;1-11-7-9-13(10-8-11)12-5-3-2-4-6-12/h1-9,12-13,22-24H,10-11,14-17H2,(H,32,40)(H,33,37)(H,34,38)(H,35,39)(H,36,41)(H,42,43);2-10H,1H3/t22-,23+,24-;/m0./s1. The Labute approximate surface area is 334 Å². The molecule has 5 aromatic rings. The molecule has 2 bridgehead atoms. The zero-order valence-electron chi connectivity index (χ0n) is 31.3. The van der Waals surface area contributed by atoms with E-state index in [9.17, 15) is 33.9 Å². The summed E-state index contributed by atoms with van der Waals surface area (Å²) in [5.74, 6) is -4.31. The topological polar surface area (TPSA) is 196 Å². The molecule has 14 heteroatoms. The molecule has 0 spiro atoms. The molecule has 4 heterocycles. The Morgan fingerprint density at radius 3 is 2.04 bits per heavy atom. The number of carbonyl (C=O) groups is 6. The number of aromatic nitrogens is 1. The summed E-state index contributed by atoms with van der Waals surface area (Å²) in [6.45, 7) is 1.59. The fourth-order valence-electron chi connectivity index (χ4n) is 5.84. The van der Waals surface area contributed by atoms with Crippen molar-refractivity contribution in [3.8, 4) is 11.1 Å². The molecular weight excluding hydrogens is 745 g/mol. The van der Waals surface area contributed by atoms with Gasteiger partial charge in [0.2, 0.25) is 29.5 Å². The van der Waals surface area contributed by atoms with Gasteiger partial charge in [0.25, 0.3) is 0 Å². The van der Waals surface area contributed by atoms with Crippen molar-refractivity contribution in [2.24, 2.45) is 0 Å². The first kappa shape index (κ1) is 41.5. The Kier molecular flexibility index (Phi) is 15.2. The average Bonchev–Trinajstić information content (AvgIpc) is 3.73. The van der Waals surface area contributed by atoms with Gasteiger partial charge in [0.1, 0.15) is 18.1 Å². The summed E-state index contributed by atoms with van der Waals surface area (Å²) in [6.07, 6.45) is 1.26. The van der Waals surface area contributed by atoms with E-state index >= 15 is 0 Å². The van der Waals surface area contributed by atoms with Gasteiger partial charge in [-0.15, -0.1) is 11.3 Å². The van der Waals surface area contributed by atoms with Crippen LogP contribution in [0.4, 0.5) is 5.69 Å². The van der Waals surface area contributed by atoms with Crippen LogP contribution in [0.2, 0.25) is 0 Å². The molecular formula is C43H44N6O7S. The molecule has 0 saturated heterocycles. The number of fused-ring (bicyclic) bond motifs is 18. The molecule has 6 N–H and O–H groups in total. The lowest BCUT2D eigenvalue weighted by Crippen LogP contribution is -2.55. The Balaban J connectivity index is 0.000000400. The number of benzene rings is 3. The van der Waals surface area contributed by atoms with Gasteiger partial charge in [-0.05, 0) is 59.3 Å². The van der Waals surface area contributed by atoms with Crippen LogP contribution in [0.5, 0.6) is 0 Å². The Morgan fingerprint density at radius 2 is 1.37 bits per heavy atom. The van der Waals surface area contributed by atoms with Gasteiger partial charge in [0, 0.05) is 54.6 Å². The molecule has 0 radical (unpaired) electrons. The second-order valence-corrected chi connectivity index (χ2v) is 14.4. The minimum absolute atomic E-state index is 0.0375. The Morgan fingerprint density at radius 1 is 0.702 bits per heavy atom. The van der Waals surface area contributed by atoms with E-state index in [1.807, 2.05) is 11.4 Å². The number of carbonyl (C=O) groups excluding carboxylic acids is 5. The van der Waals surface area contributed by atoms with Gasteiger partial charge in [-0.3, -0.25) is 29.0 Å². The SMILES string of the molecule is Cc1ccc(-c2ccccc2)cc1.O=C1CCC(=O)N[C@H](Cc2cccs2)C(=O)NCC(=O)N[C@@H](Cc2ccccn2)C(=O)N[C@H](C(=O)O)Cc2ccc(cc2)N1. The Hall–Kier alpha value is -6.67. The number of carboxylic acids is 1. The van der Waals surface area contributed by atoms with Gasteiger partial charge >= 0.3 is 5.97 Å². The van der Waals surface area contributed by atoms with E-state index in [-0.39, 0.29) is 32.1 Å². The van der Waals surface area contributed by atoms with Gasteiger partial charge in [-0.2, -0.15) is 0 Å². The van der Waals surface area contributed by atoms with Crippen LogP contribution in [0.15, 0.2) is 121 Å². The summed E-state index contributed by atoms with van der Waals surface area (Å²) in [4.78, 5) is 81.6. The van der Waals surface area contributed by atoms with Crippen molar-refractivity contribution in [2.75, 3.05) is 11.9 Å². The number of nitrogens with one attached hydrogen (secondary N) is 5. The van der Waals surface area contributed by atoms with Gasteiger partial charge in [-0.25, -0.2) is 4.79 Å². The minimum Gasteiger partial charge on any atom is -0.480 e. The molecule has 294 valence electrons. The highest BCUT2D eigenvalue weighted by Gasteiger charge is 2.28. The fourth-order valence-corrected chi connectivity index (χ4v) is 6.59. The molecule has 57 heavy (non-hydrogen) atoms. The van der Waals surface area contributed by atoms with Crippen molar-refractivity contribution in [1.82, 2.24) is 26.3 Å². The van der Waals surface area contributed by atoms with E-state index in [0.717, 1.165) is 4.88 Å². The smallest absolute Gasteiger partial charge is 0.326 e. The number of anilines is 1. The van der Waals surface area contributed by atoms with E-state index in [2.05, 4.69) is 87.0 Å². The number of amides is 5. The molecule has 2 aromatic heterocycles. The molecule has 3 aromatic carbocycles. The maximum absolute atomic E-state index is 13.3. The van der Waals surface area contributed by atoms with Crippen LogP contribution >= 0.6 is 11.3 Å². The van der Waals surface area contributed by atoms with E-state index in [1.165, 1.54) is 34.2 Å². The first-order valence-electron chi connectivity index (χ1n) is 18.3. The van der Waals surface area contributed by atoms with Crippen LogP contribution in [0.25, 0.3) is 11.1 Å². The highest BCUT2D eigenvalue weighted by molar-refractivity contribution is 7.09. The number of pyridine rings is 1. The lowest BCUT2D eigenvalue weighted by atomic mass is 10.0. The second-order valence-electron chi connectivity index (χ2n) is 13.3. The molecule has 0 saturated carbocycles.